The number of hydrogen-bond acceptors (Lipinski definition) is 3. The first kappa shape index (κ1) is 14.4. The Morgan fingerprint density at radius 2 is 1.87 bits per heavy atom. The predicted octanol–water partition coefficient (Wildman–Crippen LogP) is 1.86. The molecule has 3 heteroatoms. The van der Waals surface area contributed by atoms with Crippen molar-refractivity contribution in [2.75, 3.05) is 33.7 Å². The van der Waals surface area contributed by atoms with Gasteiger partial charge in [0, 0.05) is 13.1 Å². The molecule has 0 atom stereocenters. The van der Waals surface area contributed by atoms with E-state index in [1.54, 1.807) is 0 Å². The molecule has 0 rings (SSSR count). The van der Waals surface area contributed by atoms with Gasteiger partial charge in [-0.25, -0.2) is 0 Å². The molecule has 0 amide bonds. The van der Waals surface area contributed by atoms with E-state index in [4.69, 9.17) is 5.26 Å². The number of rotatable bonds is 8. The van der Waals surface area contributed by atoms with E-state index in [1.165, 1.54) is 6.42 Å². The normalized spacial score (nSPS) is 11.7. The van der Waals surface area contributed by atoms with Crippen LogP contribution in [0.2, 0.25) is 0 Å². The maximum absolute atomic E-state index is 8.82. The zero-order valence-corrected chi connectivity index (χ0v) is 10.6. The second-order valence-corrected chi connectivity index (χ2v) is 5.01. The molecule has 0 aromatic rings. The Balaban J connectivity index is 3.23. The van der Waals surface area contributed by atoms with Crippen LogP contribution in [0, 0.1) is 16.7 Å². The highest BCUT2D eigenvalue weighted by atomic mass is 15.1. The van der Waals surface area contributed by atoms with Gasteiger partial charge < -0.3 is 10.2 Å². The van der Waals surface area contributed by atoms with Crippen molar-refractivity contribution < 1.29 is 0 Å². The Hall–Kier alpha value is -0.590. The first-order valence-corrected chi connectivity index (χ1v) is 5.74. The van der Waals surface area contributed by atoms with Gasteiger partial charge in [0.1, 0.15) is 0 Å². The van der Waals surface area contributed by atoms with Gasteiger partial charge in [-0.3, -0.25) is 0 Å². The van der Waals surface area contributed by atoms with Crippen LogP contribution in [0.3, 0.4) is 0 Å². The summed E-state index contributed by atoms with van der Waals surface area (Å²) in [7, 11) is 4.16. The smallest absolute Gasteiger partial charge is 0.0683 e. The van der Waals surface area contributed by atoms with E-state index in [0.29, 0.717) is 0 Å². The van der Waals surface area contributed by atoms with Crippen LogP contribution >= 0.6 is 0 Å². The first-order chi connectivity index (χ1) is 6.98. The van der Waals surface area contributed by atoms with Gasteiger partial charge in [0.05, 0.1) is 11.5 Å². The molecule has 0 saturated carbocycles. The monoisotopic (exact) mass is 211 g/mol. The van der Waals surface area contributed by atoms with Crippen LogP contribution in [-0.4, -0.2) is 38.6 Å². The van der Waals surface area contributed by atoms with Crippen LogP contribution in [0.15, 0.2) is 0 Å². The van der Waals surface area contributed by atoms with Crippen molar-refractivity contribution in [3.63, 3.8) is 0 Å². The third-order valence-electron chi connectivity index (χ3n) is 2.44. The highest BCUT2D eigenvalue weighted by Crippen LogP contribution is 2.21. The lowest BCUT2D eigenvalue weighted by Gasteiger charge is -2.14. The van der Waals surface area contributed by atoms with Crippen molar-refractivity contribution in [2.24, 2.45) is 5.41 Å². The largest absolute Gasteiger partial charge is 0.315 e. The Labute approximate surface area is 94.5 Å². The predicted molar refractivity (Wildman–Crippen MR) is 64.7 cm³/mol. The van der Waals surface area contributed by atoms with Gasteiger partial charge in [0.2, 0.25) is 0 Å². The number of likely N-dealkylation sites (N-methyl/N-ethyl adjacent to an activating group) is 1. The van der Waals surface area contributed by atoms with E-state index in [-0.39, 0.29) is 5.41 Å². The van der Waals surface area contributed by atoms with Crippen molar-refractivity contribution in [1.82, 2.24) is 10.2 Å². The van der Waals surface area contributed by atoms with Crippen LogP contribution in [0.25, 0.3) is 0 Å². The van der Waals surface area contributed by atoms with Crippen LogP contribution < -0.4 is 5.32 Å². The lowest BCUT2D eigenvalue weighted by atomic mass is 9.89. The van der Waals surface area contributed by atoms with Crippen LogP contribution in [0.1, 0.15) is 33.1 Å². The number of hydrogen-bond donors (Lipinski definition) is 1. The topological polar surface area (TPSA) is 39.1 Å². The lowest BCUT2D eigenvalue weighted by molar-refractivity contribution is 0.391. The molecule has 0 radical (unpaired) electrons. The molecule has 0 bridgehead atoms. The molecule has 88 valence electrons. The third-order valence-corrected chi connectivity index (χ3v) is 2.44. The van der Waals surface area contributed by atoms with E-state index in [9.17, 15) is 0 Å². The summed E-state index contributed by atoms with van der Waals surface area (Å²) in [5, 5.41) is 12.2. The molecule has 0 saturated heterocycles. The third kappa shape index (κ3) is 9.71. The van der Waals surface area contributed by atoms with Crippen molar-refractivity contribution in [3.05, 3.63) is 0 Å². The quantitative estimate of drug-likeness (QED) is 0.623. The molecule has 3 nitrogen and oxygen atoms in total. The van der Waals surface area contributed by atoms with Crippen LogP contribution in [-0.2, 0) is 0 Å². The molecular weight excluding hydrogens is 186 g/mol. The summed E-state index contributed by atoms with van der Waals surface area (Å²) in [6.07, 6.45) is 3.30. The van der Waals surface area contributed by atoms with Crippen molar-refractivity contribution in [1.29, 1.82) is 5.26 Å². The molecule has 0 unspecified atom stereocenters. The van der Waals surface area contributed by atoms with Crippen molar-refractivity contribution in [3.8, 4) is 6.07 Å². The van der Waals surface area contributed by atoms with E-state index in [0.717, 1.165) is 32.5 Å². The van der Waals surface area contributed by atoms with E-state index in [2.05, 4.69) is 30.4 Å². The summed E-state index contributed by atoms with van der Waals surface area (Å²) in [5.41, 5.74) is -0.149. The SMILES string of the molecule is CN(C)CCNCCCCC(C)(C)C#N. The zero-order valence-electron chi connectivity index (χ0n) is 10.6. The van der Waals surface area contributed by atoms with Gasteiger partial charge in [-0.1, -0.05) is 6.42 Å². The standard InChI is InChI=1S/C12H25N3/c1-12(2,11-13)7-5-6-8-14-9-10-15(3)4/h14H,5-10H2,1-4H3. The summed E-state index contributed by atoms with van der Waals surface area (Å²) < 4.78 is 0. The highest BCUT2D eigenvalue weighted by Gasteiger charge is 2.14. The minimum Gasteiger partial charge on any atom is -0.315 e. The summed E-state index contributed by atoms with van der Waals surface area (Å²) >= 11 is 0. The fourth-order valence-corrected chi connectivity index (χ4v) is 1.30. The molecule has 0 aliphatic carbocycles. The van der Waals surface area contributed by atoms with E-state index >= 15 is 0 Å². The number of nitrogens with zero attached hydrogens (tertiary/aromatic N) is 2. The molecule has 0 spiro atoms. The van der Waals surface area contributed by atoms with Gasteiger partial charge in [-0.05, 0) is 47.3 Å². The molecule has 0 aliphatic heterocycles. The minimum atomic E-state index is -0.149. The number of nitrogens with one attached hydrogen (secondary N) is 1. The van der Waals surface area contributed by atoms with Gasteiger partial charge in [-0.15, -0.1) is 0 Å². The average Bonchev–Trinajstić information content (AvgIpc) is 2.16. The van der Waals surface area contributed by atoms with E-state index in [1.807, 2.05) is 13.8 Å². The molecule has 0 aromatic carbocycles. The minimum absolute atomic E-state index is 0.149. The summed E-state index contributed by atoms with van der Waals surface area (Å²) in [5.74, 6) is 0. The fraction of sp³-hybridized carbons (Fsp3) is 0.917. The maximum Gasteiger partial charge on any atom is 0.0683 e. The van der Waals surface area contributed by atoms with E-state index < -0.39 is 0 Å². The second-order valence-electron chi connectivity index (χ2n) is 5.01. The Morgan fingerprint density at radius 1 is 1.20 bits per heavy atom. The van der Waals surface area contributed by atoms with Gasteiger partial charge in [-0.2, -0.15) is 5.26 Å². The summed E-state index contributed by atoms with van der Waals surface area (Å²) in [6, 6.07) is 2.33. The van der Waals surface area contributed by atoms with Crippen molar-refractivity contribution >= 4 is 0 Å². The number of unbranched alkanes of at least 4 members (excludes halogenated alkanes) is 1. The molecule has 0 heterocycles. The molecule has 15 heavy (non-hydrogen) atoms. The zero-order chi connectivity index (χ0) is 11.7. The molecule has 0 fully saturated rings. The molecule has 0 aromatic heterocycles. The average molecular weight is 211 g/mol. The first-order valence-electron chi connectivity index (χ1n) is 5.74. The van der Waals surface area contributed by atoms with Gasteiger partial charge in [0.25, 0.3) is 0 Å². The Kier molecular flexibility index (Phi) is 7.37. The Bertz CT molecular complexity index is 192. The van der Waals surface area contributed by atoms with Gasteiger partial charge >= 0.3 is 0 Å². The molecule has 0 aliphatic rings. The lowest BCUT2D eigenvalue weighted by Crippen LogP contribution is -2.27. The van der Waals surface area contributed by atoms with Crippen LogP contribution in [0.5, 0.6) is 0 Å². The molecular formula is C12H25N3. The van der Waals surface area contributed by atoms with Crippen LogP contribution in [0.4, 0.5) is 0 Å². The number of nitriles is 1. The van der Waals surface area contributed by atoms with Crippen molar-refractivity contribution in [2.45, 2.75) is 33.1 Å². The fourth-order valence-electron chi connectivity index (χ4n) is 1.30. The highest BCUT2D eigenvalue weighted by molar-refractivity contribution is 4.91. The second kappa shape index (κ2) is 7.67. The Morgan fingerprint density at radius 3 is 2.40 bits per heavy atom. The maximum atomic E-state index is 8.82. The van der Waals surface area contributed by atoms with Gasteiger partial charge in [0.15, 0.2) is 0 Å². The summed E-state index contributed by atoms with van der Waals surface area (Å²) in [4.78, 5) is 2.17. The molecule has 1 N–H and O–H groups in total. The summed E-state index contributed by atoms with van der Waals surface area (Å²) in [6.45, 7) is 7.21.